The summed E-state index contributed by atoms with van der Waals surface area (Å²) >= 11 is 1.62. The molecule has 1 heterocycles. The predicted molar refractivity (Wildman–Crippen MR) is 70.2 cm³/mol. The van der Waals surface area contributed by atoms with Crippen LogP contribution in [-0.4, -0.2) is 16.7 Å². The Bertz CT molecular complexity index is 482. The number of rotatable bonds is 2. The van der Waals surface area contributed by atoms with E-state index in [0.29, 0.717) is 0 Å². The van der Waals surface area contributed by atoms with Gasteiger partial charge in [0.05, 0.1) is 10.9 Å². The molecule has 1 aliphatic heterocycles. The summed E-state index contributed by atoms with van der Waals surface area (Å²) in [6.07, 6.45) is 3.14. The topological polar surface area (TPSA) is 55.1 Å². The van der Waals surface area contributed by atoms with Crippen LogP contribution in [0.3, 0.4) is 0 Å². The molecule has 3 N–H and O–H groups in total. The summed E-state index contributed by atoms with van der Waals surface area (Å²) in [6.45, 7) is 1.93. The van der Waals surface area contributed by atoms with E-state index in [1.807, 2.05) is 6.92 Å². The minimum atomic E-state index is -0.00219. The van der Waals surface area contributed by atoms with E-state index >= 15 is 0 Å². The standard InChI is InChI=1S/C13H16N2OS/c1-8-12(16)15-10-6-9(2-3-11(10)17-8)7-13(14)4-5-13/h2-3,6,8H,4-5,7,14H2,1H3,(H,15,16). The normalized spacial score (nSPS) is 25.1. The first-order valence-corrected chi connectivity index (χ1v) is 6.83. The van der Waals surface area contributed by atoms with Crippen LogP contribution in [0, 0.1) is 0 Å². The van der Waals surface area contributed by atoms with E-state index in [2.05, 4.69) is 23.5 Å². The minimum Gasteiger partial charge on any atom is -0.325 e. The van der Waals surface area contributed by atoms with E-state index < -0.39 is 0 Å². The Kier molecular flexibility index (Phi) is 2.45. The van der Waals surface area contributed by atoms with Gasteiger partial charge in [0.2, 0.25) is 5.91 Å². The fraction of sp³-hybridized carbons (Fsp3) is 0.462. The Hall–Kier alpha value is -1.00. The number of amides is 1. The van der Waals surface area contributed by atoms with Crippen LogP contribution in [0.5, 0.6) is 0 Å². The Labute approximate surface area is 105 Å². The first-order valence-electron chi connectivity index (χ1n) is 5.95. The van der Waals surface area contributed by atoms with E-state index in [-0.39, 0.29) is 16.7 Å². The second kappa shape index (κ2) is 3.75. The highest BCUT2D eigenvalue weighted by Gasteiger charge is 2.38. The molecule has 1 unspecified atom stereocenters. The lowest BCUT2D eigenvalue weighted by Gasteiger charge is -2.22. The average molecular weight is 248 g/mol. The maximum atomic E-state index is 11.6. The fourth-order valence-electron chi connectivity index (χ4n) is 2.11. The Morgan fingerprint density at radius 3 is 3.00 bits per heavy atom. The molecular formula is C13H16N2OS. The smallest absolute Gasteiger partial charge is 0.237 e. The van der Waals surface area contributed by atoms with Gasteiger partial charge in [-0.2, -0.15) is 0 Å². The van der Waals surface area contributed by atoms with Crippen molar-refractivity contribution in [3.63, 3.8) is 0 Å². The molecule has 0 aromatic heterocycles. The molecule has 1 amide bonds. The molecule has 0 saturated heterocycles. The first kappa shape index (κ1) is 11.1. The number of carbonyl (C=O) groups excluding carboxylic acids is 1. The second-order valence-electron chi connectivity index (χ2n) is 5.12. The van der Waals surface area contributed by atoms with Crippen LogP contribution in [0.15, 0.2) is 23.1 Å². The summed E-state index contributed by atoms with van der Waals surface area (Å²) in [6, 6.07) is 6.29. The minimum absolute atomic E-state index is 0.00219. The number of carbonyl (C=O) groups is 1. The van der Waals surface area contributed by atoms with E-state index in [0.717, 1.165) is 29.8 Å². The molecule has 3 nitrogen and oxygen atoms in total. The van der Waals surface area contributed by atoms with Crippen molar-refractivity contribution in [3.05, 3.63) is 23.8 Å². The quantitative estimate of drug-likeness (QED) is 0.843. The highest BCUT2D eigenvalue weighted by molar-refractivity contribution is 8.00. The Morgan fingerprint density at radius 1 is 1.53 bits per heavy atom. The number of fused-ring (bicyclic) bond motifs is 1. The molecule has 2 aliphatic rings. The molecule has 1 aromatic rings. The lowest BCUT2D eigenvalue weighted by molar-refractivity contribution is -0.115. The molecular weight excluding hydrogens is 232 g/mol. The highest BCUT2D eigenvalue weighted by Crippen LogP contribution is 2.39. The van der Waals surface area contributed by atoms with Gasteiger partial charge in [0.1, 0.15) is 0 Å². The van der Waals surface area contributed by atoms with Gasteiger partial charge < -0.3 is 11.1 Å². The van der Waals surface area contributed by atoms with Gasteiger partial charge in [-0.05, 0) is 43.9 Å². The number of anilines is 1. The summed E-state index contributed by atoms with van der Waals surface area (Å²) in [4.78, 5) is 12.8. The van der Waals surface area contributed by atoms with E-state index in [1.165, 1.54) is 5.56 Å². The van der Waals surface area contributed by atoms with E-state index in [1.54, 1.807) is 11.8 Å². The SMILES string of the molecule is CC1Sc2ccc(CC3(N)CC3)cc2NC1=O. The summed E-state index contributed by atoms with van der Waals surface area (Å²) in [7, 11) is 0. The molecule has 90 valence electrons. The van der Waals surface area contributed by atoms with Crippen molar-refractivity contribution < 1.29 is 4.79 Å². The number of hydrogen-bond donors (Lipinski definition) is 2. The van der Waals surface area contributed by atoms with Crippen LogP contribution >= 0.6 is 11.8 Å². The lowest BCUT2D eigenvalue weighted by atomic mass is 10.0. The van der Waals surface area contributed by atoms with Crippen LogP contribution in [0.4, 0.5) is 5.69 Å². The molecule has 0 radical (unpaired) electrons. The van der Waals surface area contributed by atoms with Gasteiger partial charge in [0, 0.05) is 10.4 Å². The molecule has 1 fully saturated rings. The summed E-state index contributed by atoms with van der Waals surface area (Å²) in [5.74, 6) is 0.0912. The Morgan fingerprint density at radius 2 is 2.29 bits per heavy atom. The third kappa shape index (κ3) is 2.19. The molecule has 1 atom stereocenters. The zero-order valence-electron chi connectivity index (χ0n) is 9.82. The summed E-state index contributed by atoms with van der Waals surface area (Å²) in [5.41, 5.74) is 8.30. The largest absolute Gasteiger partial charge is 0.325 e. The van der Waals surface area contributed by atoms with Gasteiger partial charge >= 0.3 is 0 Å². The second-order valence-corrected chi connectivity index (χ2v) is 6.50. The maximum absolute atomic E-state index is 11.6. The molecule has 4 heteroatoms. The number of thioether (sulfide) groups is 1. The van der Waals surface area contributed by atoms with Crippen molar-refractivity contribution in [1.29, 1.82) is 0 Å². The number of nitrogens with two attached hydrogens (primary N) is 1. The molecule has 17 heavy (non-hydrogen) atoms. The van der Waals surface area contributed by atoms with Crippen LogP contribution < -0.4 is 11.1 Å². The van der Waals surface area contributed by atoms with Crippen molar-refractivity contribution in [2.24, 2.45) is 5.73 Å². The molecule has 1 saturated carbocycles. The van der Waals surface area contributed by atoms with E-state index in [9.17, 15) is 4.79 Å². The van der Waals surface area contributed by atoms with Gasteiger partial charge in [-0.3, -0.25) is 4.79 Å². The molecule has 1 aromatic carbocycles. The third-order valence-electron chi connectivity index (χ3n) is 3.42. The molecule has 0 bridgehead atoms. The van der Waals surface area contributed by atoms with Crippen molar-refractivity contribution in [3.8, 4) is 0 Å². The first-order chi connectivity index (χ1) is 8.06. The van der Waals surface area contributed by atoms with Crippen molar-refractivity contribution >= 4 is 23.4 Å². The maximum Gasteiger partial charge on any atom is 0.237 e. The zero-order chi connectivity index (χ0) is 12.0. The van der Waals surface area contributed by atoms with Crippen LogP contribution in [-0.2, 0) is 11.2 Å². The third-order valence-corrected chi connectivity index (χ3v) is 4.60. The van der Waals surface area contributed by atoms with Crippen molar-refractivity contribution in [2.75, 3.05) is 5.32 Å². The average Bonchev–Trinajstić information content (AvgIpc) is 2.98. The Balaban J connectivity index is 1.86. The monoisotopic (exact) mass is 248 g/mol. The van der Waals surface area contributed by atoms with Crippen LogP contribution in [0.25, 0.3) is 0 Å². The number of hydrogen-bond acceptors (Lipinski definition) is 3. The van der Waals surface area contributed by atoms with Crippen LogP contribution in [0.2, 0.25) is 0 Å². The molecule has 1 aliphatic carbocycles. The van der Waals surface area contributed by atoms with Gasteiger partial charge in [0.15, 0.2) is 0 Å². The number of benzene rings is 1. The highest BCUT2D eigenvalue weighted by atomic mass is 32.2. The zero-order valence-corrected chi connectivity index (χ0v) is 10.6. The van der Waals surface area contributed by atoms with Gasteiger partial charge in [-0.1, -0.05) is 6.07 Å². The van der Waals surface area contributed by atoms with Gasteiger partial charge in [0.25, 0.3) is 0 Å². The van der Waals surface area contributed by atoms with Crippen LogP contribution in [0.1, 0.15) is 25.3 Å². The summed E-state index contributed by atoms with van der Waals surface area (Å²) in [5, 5.41) is 2.95. The van der Waals surface area contributed by atoms with E-state index in [4.69, 9.17) is 5.73 Å². The summed E-state index contributed by atoms with van der Waals surface area (Å²) < 4.78 is 0. The molecule has 3 rings (SSSR count). The number of nitrogens with one attached hydrogen (secondary N) is 1. The van der Waals surface area contributed by atoms with Gasteiger partial charge in [-0.15, -0.1) is 11.8 Å². The van der Waals surface area contributed by atoms with Crippen molar-refractivity contribution in [1.82, 2.24) is 0 Å². The lowest BCUT2D eigenvalue weighted by Crippen LogP contribution is -2.27. The van der Waals surface area contributed by atoms with Gasteiger partial charge in [-0.25, -0.2) is 0 Å². The van der Waals surface area contributed by atoms with Crippen molar-refractivity contribution in [2.45, 2.75) is 41.9 Å². The predicted octanol–water partition coefficient (Wildman–Crippen LogP) is 2.15. The fourth-order valence-corrected chi connectivity index (χ4v) is 3.04. The molecule has 0 spiro atoms.